The first kappa shape index (κ1) is 7.25. The van der Waals surface area contributed by atoms with Crippen molar-refractivity contribution in [1.82, 2.24) is 4.37 Å². The molecule has 11 heavy (non-hydrogen) atoms. The Labute approximate surface area is 73.4 Å². The Morgan fingerprint density at radius 3 is 3.00 bits per heavy atom. The van der Waals surface area contributed by atoms with Gasteiger partial charge in [0.25, 0.3) is 0 Å². The molecule has 2 nitrogen and oxygen atoms in total. The van der Waals surface area contributed by atoms with Crippen LogP contribution in [0.4, 0.5) is 0 Å². The monoisotopic (exact) mass is 187 g/mol. The fraction of sp³-hybridized carbons (Fsp3) is 0.429. The van der Waals surface area contributed by atoms with E-state index in [2.05, 4.69) is 4.37 Å². The summed E-state index contributed by atoms with van der Waals surface area (Å²) in [5.41, 5.74) is 0.683. The molecule has 0 saturated heterocycles. The molecule has 1 heterocycles. The summed E-state index contributed by atoms with van der Waals surface area (Å²) in [6.45, 7) is 0. The number of carbonyl (C=O) groups excluding carboxylic acids is 1. The second-order valence-electron chi connectivity index (χ2n) is 2.55. The van der Waals surface area contributed by atoms with Gasteiger partial charge < -0.3 is 0 Å². The number of Topliss-reactive ketones (excluding diaryl/α,β-unsaturated/α-hetero) is 1. The van der Waals surface area contributed by atoms with E-state index < -0.39 is 0 Å². The third kappa shape index (κ3) is 1.08. The van der Waals surface area contributed by atoms with E-state index in [9.17, 15) is 4.79 Å². The van der Waals surface area contributed by atoms with Gasteiger partial charge in [-0.25, -0.2) is 0 Å². The van der Waals surface area contributed by atoms with Crippen molar-refractivity contribution in [2.75, 3.05) is 0 Å². The van der Waals surface area contributed by atoms with Gasteiger partial charge in [0.05, 0.1) is 5.56 Å². The molecule has 0 atom stereocenters. The lowest BCUT2D eigenvalue weighted by Crippen LogP contribution is -2.07. The molecule has 1 aromatic rings. The maximum absolute atomic E-state index is 11.2. The van der Waals surface area contributed by atoms with Crippen molar-refractivity contribution in [2.24, 2.45) is 0 Å². The van der Waals surface area contributed by atoms with Gasteiger partial charge >= 0.3 is 0 Å². The van der Waals surface area contributed by atoms with Crippen molar-refractivity contribution in [1.29, 1.82) is 0 Å². The minimum absolute atomic E-state index is 0.157. The van der Waals surface area contributed by atoms with Crippen LogP contribution in [0.3, 0.4) is 0 Å². The third-order valence-corrected chi connectivity index (χ3v) is 3.08. The predicted octanol–water partition coefficient (Wildman–Crippen LogP) is 2.32. The number of carbonyl (C=O) groups is 1. The van der Waals surface area contributed by atoms with Gasteiger partial charge in [-0.1, -0.05) is 11.6 Å². The maximum Gasteiger partial charge on any atom is 0.167 e. The van der Waals surface area contributed by atoms with Crippen molar-refractivity contribution < 1.29 is 4.79 Å². The second kappa shape index (κ2) is 2.57. The van der Waals surface area contributed by atoms with Crippen LogP contribution in [0.2, 0.25) is 5.15 Å². The third-order valence-electron chi connectivity index (χ3n) is 1.81. The zero-order valence-corrected chi connectivity index (χ0v) is 7.34. The molecule has 0 spiro atoms. The molecule has 0 aliphatic heterocycles. The molecule has 0 fully saturated rings. The molecule has 4 heteroatoms. The van der Waals surface area contributed by atoms with Crippen molar-refractivity contribution in [3.05, 3.63) is 15.6 Å². The van der Waals surface area contributed by atoms with E-state index >= 15 is 0 Å². The van der Waals surface area contributed by atoms with Crippen LogP contribution >= 0.6 is 23.1 Å². The highest BCUT2D eigenvalue weighted by atomic mass is 35.5. The molecule has 0 aromatic carbocycles. The van der Waals surface area contributed by atoms with E-state index in [1.54, 1.807) is 0 Å². The normalized spacial score (nSPS) is 16.6. The number of ketones is 1. The lowest BCUT2D eigenvalue weighted by Gasteiger charge is -2.07. The Hall–Kier alpha value is -0.410. The number of hydrogen-bond acceptors (Lipinski definition) is 3. The summed E-state index contributed by atoms with van der Waals surface area (Å²) in [6, 6.07) is 0. The van der Waals surface area contributed by atoms with Gasteiger partial charge in [0.2, 0.25) is 0 Å². The number of fused-ring (bicyclic) bond motifs is 1. The first-order valence-electron chi connectivity index (χ1n) is 3.46. The van der Waals surface area contributed by atoms with Crippen LogP contribution in [-0.2, 0) is 6.42 Å². The van der Waals surface area contributed by atoms with Crippen LogP contribution in [0.1, 0.15) is 28.1 Å². The van der Waals surface area contributed by atoms with Crippen LogP contribution in [0.15, 0.2) is 0 Å². The lowest BCUT2D eigenvalue weighted by atomic mass is 9.99. The summed E-state index contributed by atoms with van der Waals surface area (Å²) < 4.78 is 3.93. The van der Waals surface area contributed by atoms with Gasteiger partial charge in [-0.15, -0.1) is 0 Å². The lowest BCUT2D eigenvalue weighted by molar-refractivity contribution is 0.0973. The fourth-order valence-corrected chi connectivity index (χ4v) is 2.48. The van der Waals surface area contributed by atoms with E-state index in [1.165, 1.54) is 11.5 Å². The maximum atomic E-state index is 11.2. The molecule has 0 bridgehead atoms. The van der Waals surface area contributed by atoms with Crippen molar-refractivity contribution in [2.45, 2.75) is 19.3 Å². The van der Waals surface area contributed by atoms with E-state index in [-0.39, 0.29) is 5.78 Å². The van der Waals surface area contributed by atoms with Gasteiger partial charge in [-0.05, 0) is 24.4 Å². The Morgan fingerprint density at radius 1 is 1.45 bits per heavy atom. The molecule has 58 valence electrons. The van der Waals surface area contributed by atoms with Crippen LogP contribution in [0.5, 0.6) is 0 Å². The Balaban J connectivity index is 2.56. The first-order valence-corrected chi connectivity index (χ1v) is 4.61. The van der Waals surface area contributed by atoms with Gasteiger partial charge in [0.15, 0.2) is 10.9 Å². The Kier molecular flexibility index (Phi) is 1.69. The molecule has 0 saturated carbocycles. The highest BCUT2D eigenvalue weighted by Gasteiger charge is 2.22. The fourth-order valence-electron chi connectivity index (χ4n) is 1.28. The number of aromatic nitrogens is 1. The van der Waals surface area contributed by atoms with E-state index in [4.69, 9.17) is 11.6 Å². The molecule has 0 unspecified atom stereocenters. The summed E-state index contributed by atoms with van der Waals surface area (Å²) >= 11 is 7.08. The summed E-state index contributed by atoms with van der Waals surface area (Å²) in [5.74, 6) is 0.157. The number of halogens is 1. The molecular formula is C7H6ClNOS. The van der Waals surface area contributed by atoms with Gasteiger partial charge in [0.1, 0.15) is 0 Å². The summed E-state index contributed by atoms with van der Waals surface area (Å²) in [6.07, 6.45) is 2.54. The average molecular weight is 188 g/mol. The predicted molar refractivity (Wildman–Crippen MR) is 44.4 cm³/mol. The summed E-state index contributed by atoms with van der Waals surface area (Å²) in [7, 11) is 0. The first-order chi connectivity index (χ1) is 5.29. The Morgan fingerprint density at radius 2 is 2.27 bits per heavy atom. The largest absolute Gasteiger partial charge is 0.294 e. The van der Waals surface area contributed by atoms with E-state index in [0.717, 1.165) is 17.7 Å². The highest BCUT2D eigenvalue weighted by molar-refractivity contribution is 7.06. The zero-order chi connectivity index (χ0) is 7.84. The van der Waals surface area contributed by atoms with Gasteiger partial charge in [0, 0.05) is 11.3 Å². The van der Waals surface area contributed by atoms with E-state index in [0.29, 0.717) is 17.1 Å². The van der Waals surface area contributed by atoms with Crippen LogP contribution in [0.25, 0.3) is 0 Å². The minimum Gasteiger partial charge on any atom is -0.294 e. The minimum atomic E-state index is 0.157. The molecule has 2 rings (SSSR count). The van der Waals surface area contributed by atoms with Crippen LogP contribution < -0.4 is 0 Å². The zero-order valence-electron chi connectivity index (χ0n) is 5.76. The summed E-state index contributed by atoms with van der Waals surface area (Å²) in [5, 5.41) is 0.398. The summed E-state index contributed by atoms with van der Waals surface area (Å²) in [4.78, 5) is 12.3. The quantitative estimate of drug-likeness (QED) is 0.624. The highest BCUT2D eigenvalue weighted by Crippen LogP contribution is 2.30. The standard InChI is InChI=1S/C7H6ClNOS/c8-7-6-4(10)2-1-3-5(6)11-9-7/h1-3H2. The molecule has 0 N–H and O–H groups in total. The number of hydrogen-bond donors (Lipinski definition) is 0. The number of nitrogens with zero attached hydrogens (tertiary/aromatic N) is 1. The van der Waals surface area contributed by atoms with E-state index in [1.807, 2.05) is 0 Å². The Bertz CT molecular complexity index is 307. The number of rotatable bonds is 0. The van der Waals surface area contributed by atoms with Crippen molar-refractivity contribution in [3.8, 4) is 0 Å². The SMILES string of the molecule is O=C1CCCc2snc(Cl)c21. The van der Waals surface area contributed by atoms with Crippen LogP contribution in [0, 0.1) is 0 Å². The molecule has 0 radical (unpaired) electrons. The van der Waals surface area contributed by atoms with Crippen LogP contribution in [-0.4, -0.2) is 10.2 Å². The molecule has 1 aromatic heterocycles. The smallest absolute Gasteiger partial charge is 0.167 e. The average Bonchev–Trinajstić information content (AvgIpc) is 2.34. The molecule has 0 amide bonds. The second-order valence-corrected chi connectivity index (χ2v) is 3.76. The molecule has 1 aliphatic rings. The number of aryl methyl sites for hydroxylation is 1. The van der Waals surface area contributed by atoms with Gasteiger partial charge in [-0.2, -0.15) is 4.37 Å². The van der Waals surface area contributed by atoms with Gasteiger partial charge in [-0.3, -0.25) is 4.79 Å². The molecular weight excluding hydrogens is 182 g/mol. The van der Waals surface area contributed by atoms with Crippen molar-refractivity contribution >= 4 is 28.9 Å². The molecule has 1 aliphatic carbocycles. The van der Waals surface area contributed by atoms with Crippen molar-refractivity contribution in [3.63, 3.8) is 0 Å². The topological polar surface area (TPSA) is 30.0 Å².